The lowest BCUT2D eigenvalue weighted by atomic mass is 10.1. The SMILES string of the molecule is O=C(CS(=O)(=O)Cc1cc(N2CCOCC2)nc(-c2ccc3[nH]ccc3c2)n1)Nc1ccccc1F. The molecule has 0 atom stereocenters. The second-order valence-corrected chi connectivity index (χ2v) is 10.5. The molecule has 1 aliphatic heterocycles. The summed E-state index contributed by atoms with van der Waals surface area (Å²) in [6, 6.07) is 14.9. The quantitative estimate of drug-likeness (QED) is 0.393. The van der Waals surface area contributed by atoms with Crippen LogP contribution in [-0.4, -0.2) is 61.3 Å². The van der Waals surface area contributed by atoms with Crippen molar-refractivity contribution in [3.8, 4) is 11.4 Å². The fraction of sp³-hybridized carbons (Fsp3) is 0.240. The van der Waals surface area contributed by atoms with Crippen LogP contribution in [0.3, 0.4) is 0 Å². The Kier molecular flexibility index (Phi) is 6.66. The summed E-state index contributed by atoms with van der Waals surface area (Å²) in [6.07, 6.45) is 1.84. The van der Waals surface area contributed by atoms with Crippen LogP contribution < -0.4 is 10.2 Å². The van der Waals surface area contributed by atoms with Crippen molar-refractivity contribution < 1.29 is 22.3 Å². The van der Waals surface area contributed by atoms with Crippen molar-refractivity contribution in [3.63, 3.8) is 0 Å². The number of H-pyrrole nitrogens is 1. The first-order valence-electron chi connectivity index (χ1n) is 11.4. The van der Waals surface area contributed by atoms with Crippen LogP contribution in [0.1, 0.15) is 5.69 Å². The van der Waals surface area contributed by atoms with E-state index in [0.29, 0.717) is 37.9 Å². The first-order valence-corrected chi connectivity index (χ1v) is 13.2. The molecule has 0 unspecified atom stereocenters. The molecule has 36 heavy (non-hydrogen) atoms. The van der Waals surface area contributed by atoms with Gasteiger partial charge in [0, 0.05) is 41.8 Å². The van der Waals surface area contributed by atoms with Gasteiger partial charge >= 0.3 is 0 Å². The van der Waals surface area contributed by atoms with Crippen molar-refractivity contribution in [1.82, 2.24) is 15.0 Å². The van der Waals surface area contributed by atoms with Gasteiger partial charge in [0.25, 0.3) is 0 Å². The van der Waals surface area contributed by atoms with E-state index in [1.54, 1.807) is 12.1 Å². The lowest BCUT2D eigenvalue weighted by molar-refractivity contribution is -0.113. The molecule has 0 aliphatic carbocycles. The van der Waals surface area contributed by atoms with Gasteiger partial charge in [-0.15, -0.1) is 0 Å². The molecule has 0 radical (unpaired) electrons. The summed E-state index contributed by atoms with van der Waals surface area (Å²) in [5, 5.41) is 3.29. The Balaban J connectivity index is 1.42. The second-order valence-electron chi connectivity index (χ2n) is 8.48. The maximum atomic E-state index is 13.8. The number of sulfone groups is 1. The number of morpholine rings is 1. The monoisotopic (exact) mass is 509 g/mol. The molecule has 186 valence electrons. The van der Waals surface area contributed by atoms with E-state index in [1.807, 2.05) is 35.4 Å². The van der Waals surface area contributed by atoms with Gasteiger partial charge in [-0.05, 0) is 36.4 Å². The van der Waals surface area contributed by atoms with Crippen LogP contribution in [0.4, 0.5) is 15.9 Å². The van der Waals surface area contributed by atoms with Crippen molar-refractivity contribution in [1.29, 1.82) is 0 Å². The standard InChI is InChI=1S/C25H24FN5O4S/c26-20-3-1-2-4-22(20)29-24(32)16-36(33,34)15-19-14-23(31-9-11-35-12-10-31)30-25(28-19)18-5-6-21-17(13-18)7-8-27-21/h1-8,13-14,27H,9-12,15-16H2,(H,29,32). The minimum absolute atomic E-state index is 0.0724. The number of hydrogen-bond donors (Lipinski definition) is 2. The van der Waals surface area contributed by atoms with Crippen molar-refractivity contribution >= 4 is 38.2 Å². The minimum atomic E-state index is -3.91. The Morgan fingerprint density at radius 3 is 2.69 bits per heavy atom. The molecule has 1 saturated heterocycles. The van der Waals surface area contributed by atoms with E-state index >= 15 is 0 Å². The van der Waals surface area contributed by atoms with Gasteiger partial charge in [0.15, 0.2) is 15.7 Å². The summed E-state index contributed by atoms with van der Waals surface area (Å²) in [5.41, 5.74) is 1.91. The van der Waals surface area contributed by atoms with E-state index in [0.717, 1.165) is 16.5 Å². The first-order chi connectivity index (χ1) is 17.4. The van der Waals surface area contributed by atoms with Gasteiger partial charge in [-0.25, -0.2) is 22.8 Å². The van der Waals surface area contributed by atoms with Gasteiger partial charge in [-0.2, -0.15) is 0 Å². The lowest BCUT2D eigenvalue weighted by Gasteiger charge is -2.28. The van der Waals surface area contributed by atoms with E-state index in [2.05, 4.69) is 15.3 Å². The number of anilines is 2. The molecule has 3 heterocycles. The molecule has 2 aromatic heterocycles. The summed E-state index contributed by atoms with van der Waals surface area (Å²) in [7, 11) is -3.91. The van der Waals surface area contributed by atoms with Gasteiger partial charge in [0.1, 0.15) is 17.4 Å². The number of halogens is 1. The maximum absolute atomic E-state index is 13.8. The predicted octanol–water partition coefficient (Wildman–Crippen LogP) is 3.15. The van der Waals surface area contributed by atoms with Crippen LogP contribution in [0.25, 0.3) is 22.3 Å². The highest BCUT2D eigenvalue weighted by Gasteiger charge is 2.22. The third-order valence-corrected chi connectivity index (χ3v) is 7.22. The van der Waals surface area contributed by atoms with E-state index in [-0.39, 0.29) is 11.4 Å². The molecule has 0 spiro atoms. The summed E-state index contributed by atoms with van der Waals surface area (Å²) < 4.78 is 45.1. The number of aromatic amines is 1. The third kappa shape index (κ3) is 5.52. The Morgan fingerprint density at radius 2 is 1.89 bits per heavy atom. The number of carbonyl (C=O) groups excluding carboxylic acids is 1. The van der Waals surface area contributed by atoms with Crippen molar-refractivity contribution in [2.24, 2.45) is 0 Å². The Labute approximate surface area is 207 Å². The third-order valence-electron chi connectivity index (χ3n) is 5.78. The summed E-state index contributed by atoms with van der Waals surface area (Å²) in [4.78, 5) is 26.8. The highest BCUT2D eigenvalue weighted by molar-refractivity contribution is 7.91. The first kappa shape index (κ1) is 23.9. The smallest absolute Gasteiger partial charge is 0.239 e. The Bertz CT molecular complexity index is 1520. The zero-order chi connectivity index (χ0) is 25.1. The highest BCUT2D eigenvalue weighted by atomic mass is 32.2. The molecule has 5 rings (SSSR count). The molecule has 1 fully saturated rings. The second kappa shape index (κ2) is 10.0. The average Bonchev–Trinajstić information content (AvgIpc) is 3.33. The van der Waals surface area contributed by atoms with Crippen LogP contribution >= 0.6 is 0 Å². The largest absolute Gasteiger partial charge is 0.378 e. The lowest BCUT2D eigenvalue weighted by Crippen LogP contribution is -2.37. The topological polar surface area (TPSA) is 117 Å². The minimum Gasteiger partial charge on any atom is -0.378 e. The van der Waals surface area contributed by atoms with Gasteiger partial charge in [0.05, 0.1) is 30.3 Å². The van der Waals surface area contributed by atoms with Gasteiger partial charge < -0.3 is 19.9 Å². The molecule has 4 aromatic rings. The number of nitrogens with one attached hydrogen (secondary N) is 2. The molecule has 11 heteroatoms. The molecule has 0 saturated carbocycles. The number of hydrogen-bond acceptors (Lipinski definition) is 7. The fourth-order valence-electron chi connectivity index (χ4n) is 4.06. The number of aromatic nitrogens is 3. The van der Waals surface area contributed by atoms with E-state index in [4.69, 9.17) is 9.72 Å². The highest BCUT2D eigenvalue weighted by Crippen LogP contribution is 2.25. The number of carbonyl (C=O) groups is 1. The molecular formula is C25H24FN5O4S. The zero-order valence-corrected chi connectivity index (χ0v) is 20.1. The van der Waals surface area contributed by atoms with Gasteiger partial charge in [-0.3, -0.25) is 4.79 Å². The van der Waals surface area contributed by atoms with Crippen LogP contribution in [-0.2, 0) is 25.1 Å². The Hall–Kier alpha value is -3.83. The summed E-state index contributed by atoms with van der Waals surface area (Å²) in [6.45, 7) is 2.31. The molecule has 2 aromatic carbocycles. The normalized spacial score (nSPS) is 14.2. The number of rotatable bonds is 7. The molecule has 0 bridgehead atoms. The Morgan fingerprint density at radius 1 is 1.08 bits per heavy atom. The van der Waals surface area contributed by atoms with Gasteiger partial charge in [0.2, 0.25) is 5.91 Å². The molecule has 1 aliphatic rings. The molecule has 9 nitrogen and oxygen atoms in total. The van der Waals surface area contributed by atoms with E-state index in [9.17, 15) is 17.6 Å². The molecular weight excluding hydrogens is 485 g/mol. The van der Waals surface area contributed by atoms with Crippen LogP contribution in [0.2, 0.25) is 0 Å². The number of fused-ring (bicyclic) bond motifs is 1. The summed E-state index contributed by atoms with van der Waals surface area (Å²) in [5.74, 6) is -1.74. The predicted molar refractivity (Wildman–Crippen MR) is 135 cm³/mol. The number of ether oxygens (including phenoxy) is 1. The maximum Gasteiger partial charge on any atom is 0.239 e. The van der Waals surface area contributed by atoms with Crippen molar-refractivity contribution in [2.75, 3.05) is 42.3 Å². The van der Waals surface area contributed by atoms with Crippen LogP contribution in [0, 0.1) is 5.82 Å². The van der Waals surface area contributed by atoms with Crippen LogP contribution in [0.5, 0.6) is 0 Å². The molecule has 2 N–H and O–H groups in total. The summed E-state index contributed by atoms with van der Waals surface area (Å²) >= 11 is 0. The van der Waals surface area contributed by atoms with Crippen molar-refractivity contribution in [2.45, 2.75) is 5.75 Å². The average molecular weight is 510 g/mol. The number of para-hydroxylation sites is 1. The van der Waals surface area contributed by atoms with E-state index < -0.39 is 33.1 Å². The fourth-order valence-corrected chi connectivity index (χ4v) is 5.23. The number of amides is 1. The zero-order valence-electron chi connectivity index (χ0n) is 19.3. The van der Waals surface area contributed by atoms with Crippen molar-refractivity contribution in [3.05, 3.63) is 72.3 Å². The molecule has 1 amide bonds. The van der Waals surface area contributed by atoms with E-state index in [1.165, 1.54) is 18.2 Å². The van der Waals surface area contributed by atoms with Gasteiger partial charge in [-0.1, -0.05) is 12.1 Å². The number of nitrogens with zero attached hydrogens (tertiary/aromatic N) is 3. The van der Waals surface area contributed by atoms with Crippen LogP contribution in [0.15, 0.2) is 60.8 Å². The number of benzene rings is 2.